The predicted octanol–water partition coefficient (Wildman–Crippen LogP) is 1.30. The van der Waals surface area contributed by atoms with Gasteiger partial charge in [-0.25, -0.2) is 9.97 Å². The van der Waals surface area contributed by atoms with Gasteiger partial charge >= 0.3 is 5.69 Å². The van der Waals surface area contributed by atoms with E-state index < -0.39 is 4.92 Å². The van der Waals surface area contributed by atoms with Crippen molar-refractivity contribution in [3.05, 3.63) is 22.5 Å². The smallest absolute Gasteiger partial charge is 0.305 e. The molecule has 1 aromatic rings. The van der Waals surface area contributed by atoms with Gasteiger partial charge in [0, 0.05) is 11.8 Å². The van der Waals surface area contributed by atoms with E-state index >= 15 is 0 Å². The Morgan fingerprint density at radius 2 is 2.27 bits per heavy atom. The number of nitro groups is 1. The number of rotatable bonds is 3. The van der Waals surface area contributed by atoms with Gasteiger partial charge < -0.3 is 5.32 Å². The molecule has 0 radical (unpaired) electrons. The third-order valence-electron chi connectivity index (χ3n) is 2.11. The third kappa shape index (κ3) is 2.56. The highest BCUT2D eigenvalue weighted by Gasteiger charge is 2.16. The van der Waals surface area contributed by atoms with Gasteiger partial charge in [-0.3, -0.25) is 10.1 Å². The second-order valence-electron chi connectivity index (χ2n) is 3.23. The van der Waals surface area contributed by atoms with E-state index in [1.807, 2.05) is 11.8 Å². The largest absolute Gasteiger partial charge is 0.351 e. The van der Waals surface area contributed by atoms with Crippen LogP contribution < -0.4 is 5.32 Å². The lowest BCUT2D eigenvalue weighted by molar-refractivity contribution is -0.385. The van der Waals surface area contributed by atoms with Gasteiger partial charge in [0.1, 0.15) is 12.4 Å². The van der Waals surface area contributed by atoms with Gasteiger partial charge in [-0.1, -0.05) is 0 Å². The summed E-state index contributed by atoms with van der Waals surface area (Å²) < 4.78 is 0. The van der Waals surface area contributed by atoms with Crippen LogP contribution in [0.15, 0.2) is 12.4 Å². The van der Waals surface area contributed by atoms with Crippen LogP contribution in [0.3, 0.4) is 0 Å². The van der Waals surface area contributed by atoms with Gasteiger partial charge in [0.05, 0.1) is 4.92 Å². The molecule has 1 aliphatic heterocycles. The van der Waals surface area contributed by atoms with Crippen molar-refractivity contribution < 1.29 is 4.92 Å². The first-order valence-electron chi connectivity index (χ1n) is 4.56. The van der Waals surface area contributed by atoms with Gasteiger partial charge in [0.25, 0.3) is 0 Å². The molecule has 6 nitrogen and oxygen atoms in total. The zero-order valence-corrected chi connectivity index (χ0v) is 8.74. The van der Waals surface area contributed by atoms with Crippen LogP contribution in [0.2, 0.25) is 0 Å². The molecule has 1 aromatic heterocycles. The molecule has 7 heteroatoms. The van der Waals surface area contributed by atoms with E-state index in [0.29, 0.717) is 12.0 Å². The minimum absolute atomic E-state index is 0.0821. The third-order valence-corrected chi connectivity index (χ3v) is 3.27. The lowest BCUT2D eigenvalue weighted by Gasteiger charge is -2.09. The van der Waals surface area contributed by atoms with Crippen LogP contribution >= 0.6 is 11.8 Å². The average molecular weight is 226 g/mol. The van der Waals surface area contributed by atoms with Gasteiger partial charge in [-0.2, -0.15) is 11.8 Å². The lowest BCUT2D eigenvalue weighted by Crippen LogP contribution is -2.19. The highest BCUT2D eigenvalue weighted by Crippen LogP contribution is 2.20. The monoisotopic (exact) mass is 226 g/mol. The molecule has 0 bridgehead atoms. The van der Waals surface area contributed by atoms with Crippen LogP contribution in [0, 0.1) is 10.1 Å². The SMILES string of the molecule is O=[N+]([O-])c1cnc(NC2CCSC2)nc1. The molecule has 1 unspecified atom stereocenters. The Balaban J connectivity index is 2.00. The number of anilines is 1. The maximum absolute atomic E-state index is 10.4. The number of hydrogen-bond acceptors (Lipinski definition) is 6. The summed E-state index contributed by atoms with van der Waals surface area (Å²) in [5, 5.41) is 13.5. The second kappa shape index (κ2) is 4.43. The van der Waals surface area contributed by atoms with E-state index in [4.69, 9.17) is 0 Å². The van der Waals surface area contributed by atoms with Crippen LogP contribution in [-0.4, -0.2) is 32.4 Å². The van der Waals surface area contributed by atoms with E-state index in [1.54, 1.807) is 0 Å². The molecule has 0 aliphatic carbocycles. The quantitative estimate of drug-likeness (QED) is 0.618. The molecule has 2 rings (SSSR count). The van der Waals surface area contributed by atoms with E-state index in [9.17, 15) is 10.1 Å². The summed E-state index contributed by atoms with van der Waals surface area (Å²) in [6.45, 7) is 0. The molecule has 80 valence electrons. The number of hydrogen-bond donors (Lipinski definition) is 1. The Kier molecular flexibility index (Phi) is 3.00. The normalized spacial score (nSPS) is 20.1. The molecule has 2 heterocycles. The minimum atomic E-state index is -0.505. The molecule has 1 N–H and O–H groups in total. The van der Waals surface area contributed by atoms with Crippen molar-refractivity contribution in [3.63, 3.8) is 0 Å². The summed E-state index contributed by atoms with van der Waals surface area (Å²) in [5.74, 6) is 2.65. The highest BCUT2D eigenvalue weighted by molar-refractivity contribution is 7.99. The standard InChI is InChI=1S/C8H10N4O2S/c13-12(14)7-3-9-8(10-4-7)11-6-1-2-15-5-6/h3-4,6H,1-2,5H2,(H,9,10,11). The summed E-state index contributed by atoms with van der Waals surface area (Å²) in [7, 11) is 0. The van der Waals surface area contributed by atoms with E-state index in [1.165, 1.54) is 12.4 Å². The molecule has 1 aliphatic rings. The maximum Gasteiger partial charge on any atom is 0.305 e. The van der Waals surface area contributed by atoms with Crippen molar-refractivity contribution in [1.82, 2.24) is 9.97 Å². The Labute approximate surface area is 90.7 Å². The fraction of sp³-hybridized carbons (Fsp3) is 0.500. The summed E-state index contributed by atoms with van der Waals surface area (Å²) >= 11 is 1.88. The predicted molar refractivity (Wildman–Crippen MR) is 58.0 cm³/mol. The maximum atomic E-state index is 10.4. The summed E-state index contributed by atoms with van der Waals surface area (Å²) in [6, 6.07) is 0.386. The first kappa shape index (κ1) is 10.2. The van der Waals surface area contributed by atoms with Gasteiger partial charge in [-0.05, 0) is 12.2 Å². The van der Waals surface area contributed by atoms with E-state index in [-0.39, 0.29) is 5.69 Å². The zero-order valence-electron chi connectivity index (χ0n) is 7.92. The van der Waals surface area contributed by atoms with Crippen molar-refractivity contribution >= 4 is 23.4 Å². The van der Waals surface area contributed by atoms with E-state index in [0.717, 1.165) is 17.9 Å². The Morgan fingerprint density at radius 1 is 1.53 bits per heavy atom. The first-order chi connectivity index (χ1) is 7.25. The fourth-order valence-electron chi connectivity index (χ4n) is 1.32. The zero-order chi connectivity index (χ0) is 10.7. The molecule has 15 heavy (non-hydrogen) atoms. The summed E-state index contributed by atoms with van der Waals surface area (Å²) in [4.78, 5) is 17.6. The second-order valence-corrected chi connectivity index (χ2v) is 4.38. The van der Waals surface area contributed by atoms with Crippen LogP contribution in [0.25, 0.3) is 0 Å². The van der Waals surface area contributed by atoms with Crippen molar-refractivity contribution in [3.8, 4) is 0 Å². The minimum Gasteiger partial charge on any atom is -0.351 e. The lowest BCUT2D eigenvalue weighted by atomic mass is 10.3. The molecule has 0 amide bonds. The first-order valence-corrected chi connectivity index (χ1v) is 5.72. The molecular weight excluding hydrogens is 216 g/mol. The van der Waals surface area contributed by atoms with Crippen LogP contribution in [0.1, 0.15) is 6.42 Å². The number of aromatic nitrogens is 2. The number of nitrogens with zero attached hydrogens (tertiary/aromatic N) is 3. The molecule has 0 saturated carbocycles. The molecular formula is C8H10N4O2S. The topological polar surface area (TPSA) is 81.0 Å². The summed E-state index contributed by atoms with van der Waals surface area (Å²) in [6.07, 6.45) is 3.53. The number of thioether (sulfide) groups is 1. The van der Waals surface area contributed by atoms with Gasteiger partial charge in [-0.15, -0.1) is 0 Å². The van der Waals surface area contributed by atoms with Gasteiger partial charge in [0.15, 0.2) is 0 Å². The summed E-state index contributed by atoms with van der Waals surface area (Å²) in [5.41, 5.74) is -0.0821. The fourth-order valence-corrected chi connectivity index (χ4v) is 2.47. The van der Waals surface area contributed by atoms with E-state index in [2.05, 4.69) is 15.3 Å². The average Bonchev–Trinajstić information content (AvgIpc) is 2.71. The van der Waals surface area contributed by atoms with Crippen molar-refractivity contribution in [2.24, 2.45) is 0 Å². The van der Waals surface area contributed by atoms with Crippen molar-refractivity contribution in [2.45, 2.75) is 12.5 Å². The molecule has 0 aromatic carbocycles. The van der Waals surface area contributed by atoms with Crippen LogP contribution in [0.5, 0.6) is 0 Å². The molecule has 1 fully saturated rings. The van der Waals surface area contributed by atoms with Crippen LogP contribution in [0.4, 0.5) is 11.6 Å². The Morgan fingerprint density at radius 3 is 2.80 bits per heavy atom. The Hall–Kier alpha value is -1.37. The highest BCUT2D eigenvalue weighted by atomic mass is 32.2. The van der Waals surface area contributed by atoms with Crippen molar-refractivity contribution in [1.29, 1.82) is 0 Å². The molecule has 1 atom stereocenters. The molecule has 0 spiro atoms. The van der Waals surface area contributed by atoms with Crippen molar-refractivity contribution in [2.75, 3.05) is 16.8 Å². The van der Waals surface area contributed by atoms with Gasteiger partial charge in [0.2, 0.25) is 5.95 Å². The Bertz CT molecular complexity index is 350. The van der Waals surface area contributed by atoms with Crippen LogP contribution in [-0.2, 0) is 0 Å². The molecule has 1 saturated heterocycles. The number of nitrogens with one attached hydrogen (secondary N) is 1.